The molecule has 0 heterocycles. The Kier molecular flexibility index (Phi) is 4.17. The maximum absolute atomic E-state index is 12.2. The van der Waals surface area contributed by atoms with E-state index in [1.807, 2.05) is 18.2 Å². The topological polar surface area (TPSA) is 29.1 Å². The monoisotopic (exact) mass is 433 g/mol. The van der Waals surface area contributed by atoms with Crippen LogP contribution in [0.5, 0.6) is 0 Å². The highest BCUT2D eigenvalue weighted by atomic mass is 127. The van der Waals surface area contributed by atoms with E-state index in [9.17, 15) is 4.79 Å². The molecular formula is C15H17BrINO. The Hall–Kier alpha value is -0.100. The molecule has 4 heteroatoms. The van der Waals surface area contributed by atoms with Crippen LogP contribution in [-0.2, 0) is 0 Å². The molecule has 0 aromatic heterocycles. The highest BCUT2D eigenvalue weighted by molar-refractivity contribution is 14.1. The number of carbonyl (C=O) groups is 1. The third-order valence-electron chi connectivity index (χ3n) is 4.58. The van der Waals surface area contributed by atoms with Crippen molar-refractivity contribution in [2.24, 2.45) is 17.8 Å². The molecular weight excluding hydrogens is 417 g/mol. The molecule has 0 spiro atoms. The van der Waals surface area contributed by atoms with E-state index in [1.165, 1.54) is 25.7 Å². The van der Waals surface area contributed by atoms with Crippen molar-refractivity contribution in [2.45, 2.75) is 25.7 Å². The van der Waals surface area contributed by atoms with E-state index in [0.29, 0.717) is 5.92 Å². The van der Waals surface area contributed by atoms with Crippen molar-refractivity contribution < 1.29 is 4.79 Å². The standard InChI is InChI=1S/C15H17BrINO/c16-14-4-3-12(17)7-13(14)15(19)18-8-11-6-9-1-2-10(11)5-9/h3-4,7,9-11H,1-2,5-6,8H2,(H,18,19). The molecule has 2 aliphatic carbocycles. The van der Waals surface area contributed by atoms with Gasteiger partial charge in [-0.3, -0.25) is 4.79 Å². The second-order valence-corrected chi connectivity index (χ2v) is 7.87. The maximum atomic E-state index is 12.2. The molecule has 0 saturated heterocycles. The van der Waals surface area contributed by atoms with Crippen molar-refractivity contribution in [3.8, 4) is 0 Å². The summed E-state index contributed by atoms with van der Waals surface area (Å²) in [7, 11) is 0. The maximum Gasteiger partial charge on any atom is 0.252 e. The summed E-state index contributed by atoms with van der Waals surface area (Å²) in [6, 6.07) is 5.87. The van der Waals surface area contributed by atoms with Gasteiger partial charge in [-0.05, 0) is 93.7 Å². The second-order valence-electron chi connectivity index (χ2n) is 5.77. The number of carbonyl (C=O) groups excluding carboxylic acids is 1. The molecule has 3 atom stereocenters. The summed E-state index contributed by atoms with van der Waals surface area (Å²) in [5.41, 5.74) is 0.745. The van der Waals surface area contributed by atoms with Gasteiger partial charge in [0, 0.05) is 14.6 Å². The summed E-state index contributed by atoms with van der Waals surface area (Å²) in [6.07, 6.45) is 5.50. The van der Waals surface area contributed by atoms with E-state index in [-0.39, 0.29) is 5.91 Å². The smallest absolute Gasteiger partial charge is 0.252 e. The summed E-state index contributed by atoms with van der Waals surface area (Å²) >= 11 is 5.69. The number of hydrogen-bond acceptors (Lipinski definition) is 1. The Balaban J connectivity index is 1.61. The van der Waals surface area contributed by atoms with Crippen LogP contribution in [-0.4, -0.2) is 12.5 Å². The van der Waals surface area contributed by atoms with Gasteiger partial charge in [0.05, 0.1) is 5.56 Å². The minimum absolute atomic E-state index is 0.0492. The van der Waals surface area contributed by atoms with Gasteiger partial charge in [-0.15, -0.1) is 0 Å². The van der Waals surface area contributed by atoms with E-state index >= 15 is 0 Å². The molecule has 1 aromatic rings. The minimum atomic E-state index is 0.0492. The number of hydrogen-bond donors (Lipinski definition) is 1. The van der Waals surface area contributed by atoms with Gasteiger partial charge in [-0.2, -0.15) is 0 Å². The van der Waals surface area contributed by atoms with Gasteiger partial charge in [0.2, 0.25) is 0 Å². The van der Waals surface area contributed by atoms with Crippen LogP contribution in [0.3, 0.4) is 0 Å². The lowest BCUT2D eigenvalue weighted by Gasteiger charge is -2.22. The van der Waals surface area contributed by atoms with Crippen LogP contribution in [0, 0.1) is 21.3 Å². The zero-order chi connectivity index (χ0) is 13.4. The van der Waals surface area contributed by atoms with Gasteiger partial charge in [-0.25, -0.2) is 0 Å². The Morgan fingerprint density at radius 3 is 2.89 bits per heavy atom. The molecule has 2 aliphatic rings. The Morgan fingerprint density at radius 1 is 1.37 bits per heavy atom. The molecule has 3 unspecified atom stereocenters. The molecule has 2 bridgehead atoms. The van der Waals surface area contributed by atoms with Gasteiger partial charge in [0.15, 0.2) is 0 Å². The highest BCUT2D eigenvalue weighted by Gasteiger charge is 2.39. The highest BCUT2D eigenvalue weighted by Crippen LogP contribution is 2.47. The summed E-state index contributed by atoms with van der Waals surface area (Å²) in [6.45, 7) is 0.845. The lowest BCUT2D eigenvalue weighted by Crippen LogP contribution is -2.31. The second kappa shape index (κ2) is 5.72. The van der Waals surface area contributed by atoms with E-state index in [2.05, 4.69) is 43.8 Å². The largest absolute Gasteiger partial charge is 0.352 e. The predicted molar refractivity (Wildman–Crippen MR) is 88.1 cm³/mol. The number of fused-ring (bicyclic) bond motifs is 2. The van der Waals surface area contributed by atoms with Crippen LogP contribution < -0.4 is 5.32 Å². The quantitative estimate of drug-likeness (QED) is 0.710. The first-order chi connectivity index (χ1) is 9.13. The zero-order valence-corrected chi connectivity index (χ0v) is 14.4. The average Bonchev–Trinajstić information content (AvgIpc) is 3.01. The van der Waals surface area contributed by atoms with Crippen molar-refractivity contribution in [1.82, 2.24) is 5.32 Å². The Bertz CT molecular complexity index is 505. The molecule has 1 amide bonds. The fraction of sp³-hybridized carbons (Fsp3) is 0.533. The lowest BCUT2D eigenvalue weighted by molar-refractivity contribution is 0.0941. The molecule has 2 saturated carbocycles. The molecule has 1 aromatic carbocycles. The number of rotatable bonds is 3. The zero-order valence-electron chi connectivity index (χ0n) is 10.7. The Morgan fingerprint density at radius 2 is 2.21 bits per heavy atom. The number of amides is 1. The molecule has 102 valence electrons. The van der Waals surface area contributed by atoms with Crippen LogP contribution >= 0.6 is 38.5 Å². The van der Waals surface area contributed by atoms with E-state index in [1.54, 1.807) is 0 Å². The third-order valence-corrected chi connectivity index (χ3v) is 5.94. The summed E-state index contributed by atoms with van der Waals surface area (Å²) in [5.74, 6) is 2.57. The lowest BCUT2D eigenvalue weighted by atomic mass is 9.89. The Labute approximate surface area is 136 Å². The summed E-state index contributed by atoms with van der Waals surface area (Å²) in [5, 5.41) is 3.12. The van der Waals surface area contributed by atoms with Crippen molar-refractivity contribution in [3.63, 3.8) is 0 Å². The van der Waals surface area contributed by atoms with Crippen molar-refractivity contribution in [2.75, 3.05) is 6.54 Å². The number of benzene rings is 1. The summed E-state index contributed by atoms with van der Waals surface area (Å²) < 4.78 is 1.96. The molecule has 0 aliphatic heterocycles. The van der Waals surface area contributed by atoms with Crippen molar-refractivity contribution in [1.29, 1.82) is 0 Å². The van der Waals surface area contributed by atoms with E-state index in [4.69, 9.17) is 0 Å². The molecule has 19 heavy (non-hydrogen) atoms. The third kappa shape index (κ3) is 2.99. The number of nitrogens with one attached hydrogen (secondary N) is 1. The first-order valence-corrected chi connectivity index (χ1v) is 8.74. The normalized spacial score (nSPS) is 28.6. The van der Waals surface area contributed by atoms with Crippen LogP contribution in [0.25, 0.3) is 0 Å². The first-order valence-electron chi connectivity index (χ1n) is 6.86. The minimum Gasteiger partial charge on any atom is -0.352 e. The van der Waals surface area contributed by atoms with Crippen LogP contribution in [0.4, 0.5) is 0 Å². The molecule has 1 N–H and O–H groups in total. The van der Waals surface area contributed by atoms with Gasteiger partial charge in [-0.1, -0.05) is 6.42 Å². The van der Waals surface area contributed by atoms with Crippen LogP contribution in [0.2, 0.25) is 0 Å². The molecule has 2 fully saturated rings. The number of halogens is 2. The fourth-order valence-corrected chi connectivity index (χ4v) is 4.53. The van der Waals surface area contributed by atoms with Gasteiger partial charge >= 0.3 is 0 Å². The first kappa shape index (κ1) is 13.9. The van der Waals surface area contributed by atoms with Crippen molar-refractivity contribution >= 4 is 44.4 Å². The predicted octanol–water partition coefficient (Wildman–Crippen LogP) is 4.22. The SMILES string of the molecule is O=C(NCC1CC2CCC1C2)c1cc(I)ccc1Br. The molecule has 3 rings (SSSR count). The van der Waals surface area contributed by atoms with E-state index < -0.39 is 0 Å². The summed E-state index contributed by atoms with van der Waals surface area (Å²) in [4.78, 5) is 12.2. The van der Waals surface area contributed by atoms with Gasteiger partial charge in [0.25, 0.3) is 5.91 Å². The van der Waals surface area contributed by atoms with Gasteiger partial charge < -0.3 is 5.32 Å². The van der Waals surface area contributed by atoms with Crippen molar-refractivity contribution in [3.05, 3.63) is 31.8 Å². The fourth-order valence-electron chi connectivity index (χ4n) is 3.62. The average molecular weight is 434 g/mol. The molecule has 0 radical (unpaired) electrons. The van der Waals surface area contributed by atoms with Gasteiger partial charge in [0.1, 0.15) is 0 Å². The molecule has 2 nitrogen and oxygen atoms in total. The van der Waals surface area contributed by atoms with Crippen LogP contribution in [0.15, 0.2) is 22.7 Å². The van der Waals surface area contributed by atoms with E-state index in [0.717, 1.165) is 32.0 Å². The van der Waals surface area contributed by atoms with Crippen LogP contribution in [0.1, 0.15) is 36.0 Å².